The molecular formula is C17H22N2O2S. The second-order valence-corrected chi connectivity index (χ2v) is 6.63. The summed E-state index contributed by atoms with van der Waals surface area (Å²) in [6.07, 6.45) is 7.56. The van der Waals surface area contributed by atoms with Crippen molar-refractivity contribution >= 4 is 17.4 Å². The molecule has 22 heavy (non-hydrogen) atoms. The Balaban J connectivity index is 1.64. The number of amides is 2. The molecule has 2 aromatic rings. The minimum absolute atomic E-state index is 0.00880. The monoisotopic (exact) mass is 318 g/mol. The minimum atomic E-state index is 0.00880. The van der Waals surface area contributed by atoms with Crippen LogP contribution in [0.15, 0.2) is 39.6 Å². The molecule has 0 aliphatic heterocycles. The summed E-state index contributed by atoms with van der Waals surface area (Å²) in [5, 5.41) is 7.32. The summed E-state index contributed by atoms with van der Waals surface area (Å²) in [6, 6.07) is 6.16. The van der Waals surface area contributed by atoms with Crippen LogP contribution in [0.3, 0.4) is 0 Å². The predicted octanol–water partition coefficient (Wildman–Crippen LogP) is 4.39. The molecule has 2 heterocycles. The average Bonchev–Trinajstić information content (AvgIpc) is 3.21. The van der Waals surface area contributed by atoms with E-state index in [1.54, 1.807) is 17.6 Å². The van der Waals surface area contributed by atoms with Gasteiger partial charge < -0.3 is 14.6 Å². The molecule has 0 unspecified atom stereocenters. The van der Waals surface area contributed by atoms with E-state index in [2.05, 4.69) is 16.8 Å². The molecule has 0 spiro atoms. The van der Waals surface area contributed by atoms with Gasteiger partial charge in [0.2, 0.25) is 0 Å². The van der Waals surface area contributed by atoms with Gasteiger partial charge in [-0.2, -0.15) is 11.3 Å². The lowest BCUT2D eigenvalue weighted by Crippen LogP contribution is -2.44. The van der Waals surface area contributed by atoms with E-state index in [0.29, 0.717) is 19.1 Å². The zero-order chi connectivity index (χ0) is 15.2. The molecule has 0 atom stereocenters. The first-order valence-electron chi connectivity index (χ1n) is 7.90. The van der Waals surface area contributed by atoms with Gasteiger partial charge in [0.15, 0.2) is 0 Å². The van der Waals surface area contributed by atoms with Crippen molar-refractivity contribution in [3.63, 3.8) is 0 Å². The van der Waals surface area contributed by atoms with Crippen LogP contribution in [0, 0.1) is 0 Å². The second-order valence-electron chi connectivity index (χ2n) is 5.85. The highest BCUT2D eigenvalue weighted by atomic mass is 32.1. The Bertz CT molecular complexity index is 523. The van der Waals surface area contributed by atoms with E-state index in [4.69, 9.17) is 4.42 Å². The lowest BCUT2D eigenvalue weighted by Gasteiger charge is -2.28. The van der Waals surface area contributed by atoms with Gasteiger partial charge in [-0.3, -0.25) is 0 Å². The number of urea groups is 1. The van der Waals surface area contributed by atoms with E-state index >= 15 is 0 Å². The molecule has 1 aliphatic carbocycles. The van der Waals surface area contributed by atoms with E-state index in [1.807, 2.05) is 22.4 Å². The van der Waals surface area contributed by atoms with Crippen LogP contribution >= 0.6 is 11.3 Å². The molecule has 0 saturated heterocycles. The number of carbonyl (C=O) groups excluding carboxylic acids is 1. The third kappa shape index (κ3) is 4.13. The Hall–Kier alpha value is -1.75. The Morgan fingerprint density at radius 1 is 1.27 bits per heavy atom. The molecule has 0 aromatic carbocycles. The SMILES string of the molecule is O=C(NC1CCCCC1)N(Cc1ccsc1)Cc1ccco1. The molecule has 2 aromatic heterocycles. The number of hydrogen-bond donors (Lipinski definition) is 1. The Morgan fingerprint density at radius 2 is 2.14 bits per heavy atom. The molecule has 2 amide bonds. The first kappa shape index (κ1) is 15.2. The lowest BCUT2D eigenvalue weighted by molar-refractivity contribution is 0.180. The van der Waals surface area contributed by atoms with Gasteiger partial charge in [-0.05, 0) is 47.4 Å². The third-order valence-electron chi connectivity index (χ3n) is 4.10. The largest absolute Gasteiger partial charge is 0.467 e. The molecule has 1 fully saturated rings. The number of thiophene rings is 1. The maximum Gasteiger partial charge on any atom is 0.318 e. The van der Waals surface area contributed by atoms with Crippen LogP contribution in [0.1, 0.15) is 43.4 Å². The van der Waals surface area contributed by atoms with Crippen molar-refractivity contribution in [2.24, 2.45) is 0 Å². The summed E-state index contributed by atoms with van der Waals surface area (Å²) in [5.74, 6) is 0.814. The van der Waals surface area contributed by atoms with E-state index < -0.39 is 0 Å². The highest BCUT2D eigenvalue weighted by Gasteiger charge is 2.21. The topological polar surface area (TPSA) is 45.5 Å². The Labute approximate surface area is 135 Å². The molecule has 3 rings (SSSR count). The number of nitrogens with zero attached hydrogens (tertiary/aromatic N) is 1. The molecule has 0 radical (unpaired) electrons. The van der Waals surface area contributed by atoms with Gasteiger partial charge in [-0.25, -0.2) is 4.79 Å². The molecule has 1 saturated carbocycles. The molecule has 118 valence electrons. The molecule has 1 aliphatic rings. The smallest absolute Gasteiger partial charge is 0.318 e. The molecule has 0 bridgehead atoms. The van der Waals surface area contributed by atoms with E-state index in [-0.39, 0.29) is 6.03 Å². The van der Waals surface area contributed by atoms with Crippen molar-refractivity contribution in [3.8, 4) is 0 Å². The molecule has 5 heteroatoms. The van der Waals surface area contributed by atoms with Gasteiger partial charge in [0, 0.05) is 12.6 Å². The summed E-state index contributed by atoms with van der Waals surface area (Å²) >= 11 is 1.66. The van der Waals surface area contributed by atoms with Gasteiger partial charge in [0.05, 0.1) is 12.8 Å². The van der Waals surface area contributed by atoms with Crippen molar-refractivity contribution in [2.45, 2.75) is 51.2 Å². The fourth-order valence-electron chi connectivity index (χ4n) is 2.91. The minimum Gasteiger partial charge on any atom is -0.467 e. The van der Waals surface area contributed by atoms with E-state index in [1.165, 1.54) is 19.3 Å². The van der Waals surface area contributed by atoms with Crippen LogP contribution in [0.4, 0.5) is 4.79 Å². The first-order valence-corrected chi connectivity index (χ1v) is 8.84. The van der Waals surface area contributed by atoms with Crippen molar-refractivity contribution in [3.05, 3.63) is 46.5 Å². The van der Waals surface area contributed by atoms with Crippen molar-refractivity contribution in [1.82, 2.24) is 10.2 Å². The Kier molecular flexibility index (Phi) is 5.16. The number of furan rings is 1. The van der Waals surface area contributed by atoms with Crippen LogP contribution in [0.5, 0.6) is 0 Å². The predicted molar refractivity (Wildman–Crippen MR) is 87.7 cm³/mol. The highest BCUT2D eigenvalue weighted by Crippen LogP contribution is 2.19. The van der Waals surface area contributed by atoms with Crippen LogP contribution in [0.25, 0.3) is 0 Å². The van der Waals surface area contributed by atoms with Crippen LogP contribution < -0.4 is 5.32 Å². The summed E-state index contributed by atoms with van der Waals surface area (Å²) in [5.41, 5.74) is 1.16. The quantitative estimate of drug-likeness (QED) is 0.889. The summed E-state index contributed by atoms with van der Waals surface area (Å²) in [6.45, 7) is 1.12. The van der Waals surface area contributed by atoms with Crippen LogP contribution in [0.2, 0.25) is 0 Å². The zero-order valence-corrected chi connectivity index (χ0v) is 13.5. The number of carbonyl (C=O) groups is 1. The van der Waals surface area contributed by atoms with Gasteiger partial charge in [0.25, 0.3) is 0 Å². The van der Waals surface area contributed by atoms with E-state index in [9.17, 15) is 4.79 Å². The van der Waals surface area contributed by atoms with Gasteiger partial charge >= 0.3 is 6.03 Å². The fourth-order valence-corrected chi connectivity index (χ4v) is 3.57. The first-order chi connectivity index (χ1) is 10.8. The standard InChI is InChI=1S/C17H22N2O2S/c20-17(18-15-5-2-1-3-6-15)19(11-14-8-10-22-13-14)12-16-7-4-9-21-16/h4,7-10,13,15H,1-3,5-6,11-12H2,(H,18,20). The van der Waals surface area contributed by atoms with Crippen molar-refractivity contribution < 1.29 is 9.21 Å². The van der Waals surface area contributed by atoms with Crippen LogP contribution in [-0.4, -0.2) is 17.0 Å². The molecule has 1 N–H and O–H groups in total. The average molecular weight is 318 g/mol. The van der Waals surface area contributed by atoms with Gasteiger partial charge in [-0.1, -0.05) is 19.3 Å². The summed E-state index contributed by atoms with van der Waals surface area (Å²) in [7, 11) is 0. The van der Waals surface area contributed by atoms with Crippen LogP contribution in [-0.2, 0) is 13.1 Å². The fraction of sp³-hybridized carbons (Fsp3) is 0.471. The maximum absolute atomic E-state index is 12.6. The van der Waals surface area contributed by atoms with E-state index in [0.717, 1.165) is 24.2 Å². The highest BCUT2D eigenvalue weighted by molar-refractivity contribution is 7.07. The maximum atomic E-state index is 12.6. The van der Waals surface area contributed by atoms with Crippen molar-refractivity contribution in [1.29, 1.82) is 0 Å². The lowest BCUT2D eigenvalue weighted by atomic mass is 9.96. The van der Waals surface area contributed by atoms with Gasteiger partial charge in [0.1, 0.15) is 5.76 Å². The normalized spacial score (nSPS) is 15.6. The summed E-state index contributed by atoms with van der Waals surface area (Å²) < 4.78 is 5.40. The Morgan fingerprint density at radius 3 is 2.82 bits per heavy atom. The summed E-state index contributed by atoms with van der Waals surface area (Å²) in [4.78, 5) is 14.5. The van der Waals surface area contributed by atoms with Crippen molar-refractivity contribution in [2.75, 3.05) is 0 Å². The second kappa shape index (κ2) is 7.49. The number of nitrogens with one attached hydrogen (secondary N) is 1. The third-order valence-corrected chi connectivity index (χ3v) is 4.83. The van der Waals surface area contributed by atoms with Gasteiger partial charge in [-0.15, -0.1) is 0 Å². The zero-order valence-electron chi connectivity index (χ0n) is 12.7. The molecular weight excluding hydrogens is 296 g/mol. The molecule has 4 nitrogen and oxygen atoms in total. The number of rotatable bonds is 5. The number of hydrogen-bond acceptors (Lipinski definition) is 3.